The number of nitrogens with zero attached hydrogens (tertiary/aromatic N) is 2. The maximum atomic E-state index is 8.80. The van der Waals surface area contributed by atoms with Crippen LogP contribution in [0.2, 0.25) is 0 Å². The quantitative estimate of drug-likeness (QED) is 0.824. The Hall–Kier alpha value is -3.18. The molecule has 0 aliphatic heterocycles. The van der Waals surface area contributed by atoms with Crippen LogP contribution in [0.15, 0.2) is 24.3 Å². The molecule has 0 radical (unpaired) electrons. The number of hydrogen-bond acceptors (Lipinski definition) is 5. The Kier molecular flexibility index (Phi) is 5.23. The summed E-state index contributed by atoms with van der Waals surface area (Å²) < 4.78 is 15.5. The van der Waals surface area contributed by atoms with Crippen molar-refractivity contribution in [1.82, 2.24) is 0 Å². The van der Waals surface area contributed by atoms with Gasteiger partial charge in [-0.05, 0) is 65.8 Å². The maximum Gasteiger partial charge on any atom is 0.161 e. The Morgan fingerprint density at radius 3 is 1.67 bits per heavy atom. The Morgan fingerprint density at radius 1 is 0.741 bits per heavy atom. The van der Waals surface area contributed by atoms with Gasteiger partial charge in [-0.1, -0.05) is 6.07 Å². The molecule has 5 heteroatoms. The highest BCUT2D eigenvalue weighted by atomic mass is 16.5. The molecule has 138 valence electrons. The summed E-state index contributed by atoms with van der Waals surface area (Å²) in [6.07, 6.45) is 1.73. The van der Waals surface area contributed by atoms with Crippen LogP contribution in [0.1, 0.15) is 39.7 Å². The average Bonchev–Trinajstić information content (AvgIpc) is 2.66. The first-order valence-electron chi connectivity index (χ1n) is 8.77. The van der Waals surface area contributed by atoms with E-state index in [2.05, 4.69) is 18.2 Å². The van der Waals surface area contributed by atoms with Crippen molar-refractivity contribution in [2.45, 2.75) is 31.6 Å². The van der Waals surface area contributed by atoms with Gasteiger partial charge in [-0.3, -0.25) is 0 Å². The van der Waals surface area contributed by atoms with Gasteiger partial charge in [0.15, 0.2) is 11.5 Å². The third-order valence-corrected chi connectivity index (χ3v) is 5.21. The van der Waals surface area contributed by atoms with E-state index in [0.29, 0.717) is 5.75 Å². The molecule has 2 aromatic carbocycles. The maximum absolute atomic E-state index is 8.80. The molecule has 2 aliphatic carbocycles. The van der Waals surface area contributed by atoms with E-state index < -0.39 is 0 Å². The Labute approximate surface area is 159 Å². The Bertz CT molecular complexity index is 953. The number of aryl methyl sites for hydroxylation is 1. The van der Waals surface area contributed by atoms with Crippen LogP contribution < -0.4 is 14.2 Å². The van der Waals surface area contributed by atoms with Crippen molar-refractivity contribution < 1.29 is 14.2 Å². The molecule has 0 spiro atoms. The minimum Gasteiger partial charge on any atom is -0.496 e. The Balaban J connectivity index is 0.000000156. The van der Waals surface area contributed by atoms with Gasteiger partial charge in [0.1, 0.15) is 5.75 Å². The lowest BCUT2D eigenvalue weighted by Gasteiger charge is -2.26. The van der Waals surface area contributed by atoms with Crippen molar-refractivity contribution in [2.24, 2.45) is 0 Å². The molecule has 2 atom stereocenters. The van der Waals surface area contributed by atoms with Crippen LogP contribution >= 0.6 is 0 Å². The second kappa shape index (κ2) is 7.60. The fourth-order valence-corrected chi connectivity index (χ4v) is 3.55. The lowest BCUT2D eigenvalue weighted by atomic mass is 9.77. The monoisotopic (exact) mass is 362 g/mol. The lowest BCUT2D eigenvalue weighted by Crippen LogP contribution is -2.15. The number of ether oxygens (including phenoxy) is 3. The molecule has 0 N–H and O–H groups in total. The number of nitriles is 2. The number of benzene rings is 2. The molecular formula is C22H22N2O3. The second-order valence-electron chi connectivity index (χ2n) is 6.70. The first kappa shape index (κ1) is 18.6. The highest BCUT2D eigenvalue weighted by Crippen LogP contribution is 2.42. The van der Waals surface area contributed by atoms with Crippen molar-refractivity contribution >= 4 is 0 Å². The van der Waals surface area contributed by atoms with Gasteiger partial charge in [0.05, 0.1) is 45.3 Å². The van der Waals surface area contributed by atoms with Gasteiger partial charge < -0.3 is 14.2 Å². The predicted molar refractivity (Wildman–Crippen MR) is 101 cm³/mol. The fourth-order valence-electron chi connectivity index (χ4n) is 3.55. The summed E-state index contributed by atoms with van der Waals surface area (Å²) in [5.41, 5.74) is 5.85. The first-order chi connectivity index (χ1) is 13.1. The van der Waals surface area contributed by atoms with Crippen molar-refractivity contribution in [2.75, 3.05) is 21.3 Å². The van der Waals surface area contributed by atoms with Gasteiger partial charge in [-0.15, -0.1) is 0 Å². The molecule has 4 rings (SSSR count). The van der Waals surface area contributed by atoms with Gasteiger partial charge in [-0.25, -0.2) is 0 Å². The van der Waals surface area contributed by atoms with Crippen molar-refractivity contribution in [1.29, 1.82) is 10.5 Å². The van der Waals surface area contributed by atoms with Gasteiger partial charge in [0.25, 0.3) is 0 Å². The average molecular weight is 362 g/mol. The van der Waals surface area contributed by atoms with Crippen LogP contribution in [0, 0.1) is 29.6 Å². The lowest BCUT2D eigenvalue weighted by molar-refractivity contribution is 0.353. The van der Waals surface area contributed by atoms with Gasteiger partial charge in [0, 0.05) is 0 Å². The fraction of sp³-hybridized carbons (Fsp3) is 0.364. The van der Waals surface area contributed by atoms with Gasteiger partial charge >= 0.3 is 0 Å². The third kappa shape index (κ3) is 3.29. The van der Waals surface area contributed by atoms with E-state index in [1.165, 1.54) is 11.1 Å². The predicted octanol–water partition coefficient (Wildman–Crippen LogP) is 4.03. The molecule has 27 heavy (non-hydrogen) atoms. The smallest absolute Gasteiger partial charge is 0.161 e. The summed E-state index contributed by atoms with van der Waals surface area (Å²) in [7, 11) is 4.88. The molecule has 2 aliphatic rings. The molecule has 0 saturated carbocycles. The number of fused-ring (bicyclic) bond motifs is 2. The molecule has 0 unspecified atom stereocenters. The molecule has 0 heterocycles. The van der Waals surface area contributed by atoms with Crippen molar-refractivity contribution in [3.63, 3.8) is 0 Å². The van der Waals surface area contributed by atoms with Crippen molar-refractivity contribution in [3.8, 4) is 29.4 Å². The van der Waals surface area contributed by atoms with E-state index in [9.17, 15) is 0 Å². The molecule has 0 saturated heterocycles. The number of methoxy groups -OCH3 is 3. The zero-order valence-corrected chi connectivity index (χ0v) is 16.0. The van der Waals surface area contributed by atoms with Crippen LogP contribution in [0.5, 0.6) is 17.2 Å². The van der Waals surface area contributed by atoms with Crippen LogP contribution in [0.25, 0.3) is 0 Å². The zero-order valence-electron chi connectivity index (χ0n) is 16.0. The summed E-state index contributed by atoms with van der Waals surface area (Å²) in [6.45, 7) is 2.03. The van der Waals surface area contributed by atoms with E-state index in [-0.39, 0.29) is 11.8 Å². The minimum absolute atomic E-state index is 0.0322. The number of hydrogen-bond donors (Lipinski definition) is 0. The SMILES string of the molecule is COc1cc2c(cc1C)C[C@H]2C#N.COc1cc2c(cc1OC)[C@@H](C#N)C2. The summed E-state index contributed by atoms with van der Waals surface area (Å²) in [6, 6.07) is 12.5. The Morgan fingerprint density at radius 2 is 1.19 bits per heavy atom. The number of rotatable bonds is 3. The molecule has 0 aromatic heterocycles. The van der Waals surface area contributed by atoms with Crippen LogP contribution in [-0.2, 0) is 12.8 Å². The van der Waals surface area contributed by atoms with Crippen LogP contribution in [0.4, 0.5) is 0 Å². The first-order valence-corrected chi connectivity index (χ1v) is 8.77. The van der Waals surface area contributed by atoms with E-state index in [1.54, 1.807) is 21.3 Å². The summed E-state index contributed by atoms with van der Waals surface area (Å²) in [5, 5.41) is 17.6. The van der Waals surface area contributed by atoms with E-state index >= 15 is 0 Å². The molecule has 0 fully saturated rings. The van der Waals surface area contributed by atoms with Crippen LogP contribution in [-0.4, -0.2) is 21.3 Å². The second-order valence-corrected chi connectivity index (χ2v) is 6.70. The highest BCUT2D eigenvalue weighted by Gasteiger charge is 2.28. The summed E-state index contributed by atoms with van der Waals surface area (Å²) in [5.74, 6) is 2.45. The van der Waals surface area contributed by atoms with E-state index in [4.69, 9.17) is 24.7 Å². The third-order valence-electron chi connectivity index (χ3n) is 5.21. The zero-order chi connectivity index (χ0) is 19.6. The molecule has 0 amide bonds. The summed E-state index contributed by atoms with van der Waals surface area (Å²) >= 11 is 0. The highest BCUT2D eigenvalue weighted by molar-refractivity contribution is 5.55. The van der Waals surface area contributed by atoms with E-state index in [1.807, 2.05) is 25.1 Å². The minimum atomic E-state index is 0.0322. The van der Waals surface area contributed by atoms with Gasteiger partial charge in [0.2, 0.25) is 0 Å². The largest absolute Gasteiger partial charge is 0.496 e. The van der Waals surface area contributed by atoms with Gasteiger partial charge in [-0.2, -0.15) is 10.5 Å². The molecule has 2 aromatic rings. The normalized spacial score (nSPS) is 18.0. The molecular weight excluding hydrogens is 340 g/mol. The summed E-state index contributed by atoms with van der Waals surface area (Å²) in [4.78, 5) is 0. The van der Waals surface area contributed by atoms with Crippen LogP contribution in [0.3, 0.4) is 0 Å². The molecule has 5 nitrogen and oxygen atoms in total. The standard InChI is InChI=1S/C11H11NO2.C11H11NO/c1-13-10-4-7-3-8(6-12)9(7)5-11(10)14-2;1-7-3-8-4-9(6-12)10(8)5-11(7)13-2/h4-5,8H,3H2,1-2H3;3,5,9H,4H2,1-2H3/t8-;9-/m10/s1. The molecule has 0 bridgehead atoms. The van der Waals surface area contributed by atoms with E-state index in [0.717, 1.165) is 41.0 Å². The topological polar surface area (TPSA) is 75.3 Å². The van der Waals surface area contributed by atoms with Crippen molar-refractivity contribution in [3.05, 3.63) is 52.1 Å².